The van der Waals surface area contributed by atoms with E-state index in [0.717, 1.165) is 36.0 Å². The second-order valence-electron chi connectivity index (χ2n) is 12.2. The third-order valence-corrected chi connectivity index (χ3v) is 9.65. The summed E-state index contributed by atoms with van der Waals surface area (Å²) < 4.78 is 6.11. The molecule has 0 saturated carbocycles. The second-order valence-corrected chi connectivity index (χ2v) is 12.2. The summed E-state index contributed by atoms with van der Waals surface area (Å²) in [6.07, 6.45) is 6.58. The molecule has 0 fully saturated rings. The first-order chi connectivity index (χ1) is 21.2. The first-order valence-corrected chi connectivity index (χ1v) is 15.5. The molecule has 8 heteroatoms. The molecule has 1 aromatic carbocycles. The van der Waals surface area contributed by atoms with Crippen molar-refractivity contribution in [3.05, 3.63) is 85.1 Å². The lowest BCUT2D eigenvalue weighted by molar-refractivity contribution is -0.117. The molecule has 0 radical (unpaired) electrons. The van der Waals surface area contributed by atoms with Crippen molar-refractivity contribution in [1.29, 1.82) is 0 Å². The van der Waals surface area contributed by atoms with Crippen LogP contribution in [0.1, 0.15) is 92.3 Å². The van der Waals surface area contributed by atoms with E-state index in [9.17, 15) is 29.7 Å². The Labute approximate surface area is 257 Å². The molecule has 3 unspecified atom stereocenters. The zero-order chi connectivity index (χ0) is 31.6. The highest BCUT2D eigenvalue weighted by Crippen LogP contribution is 2.63. The van der Waals surface area contributed by atoms with Crippen LogP contribution in [-0.2, 0) is 9.59 Å². The van der Waals surface area contributed by atoms with Gasteiger partial charge in [-0.3, -0.25) is 14.4 Å². The van der Waals surface area contributed by atoms with Gasteiger partial charge in [0.25, 0.3) is 0 Å². The van der Waals surface area contributed by atoms with Crippen molar-refractivity contribution in [1.82, 2.24) is 0 Å². The van der Waals surface area contributed by atoms with Crippen LogP contribution in [0.2, 0.25) is 0 Å². The minimum absolute atomic E-state index is 0.106. The molecular weight excluding hydrogens is 558 g/mol. The number of carbonyl (C=O) groups excluding carboxylic acids is 3. The Hall–Kier alpha value is -3.85. The average Bonchev–Trinajstić information content (AvgIpc) is 3.13. The average molecular weight is 598 g/mol. The molecule has 4 N–H and O–H groups in total. The van der Waals surface area contributed by atoms with Crippen LogP contribution in [0, 0.1) is 0 Å². The van der Waals surface area contributed by atoms with E-state index in [4.69, 9.17) is 4.74 Å². The van der Waals surface area contributed by atoms with E-state index >= 15 is 0 Å². The van der Waals surface area contributed by atoms with Crippen LogP contribution in [0.15, 0.2) is 62.8 Å². The Balaban J connectivity index is 1.91. The van der Waals surface area contributed by atoms with Crippen LogP contribution < -0.4 is 10.1 Å². The van der Waals surface area contributed by atoms with Gasteiger partial charge in [0.15, 0.2) is 11.6 Å². The van der Waals surface area contributed by atoms with Gasteiger partial charge in [0, 0.05) is 29.2 Å². The van der Waals surface area contributed by atoms with Gasteiger partial charge in [-0.15, -0.1) is 0 Å². The van der Waals surface area contributed by atoms with E-state index in [1.54, 1.807) is 6.92 Å². The molecule has 0 amide bonds. The molecule has 0 spiro atoms. The Bertz CT molecular complexity index is 1730. The van der Waals surface area contributed by atoms with Gasteiger partial charge >= 0.3 is 0 Å². The van der Waals surface area contributed by atoms with Crippen molar-refractivity contribution >= 4 is 28.6 Å². The lowest BCUT2D eigenvalue weighted by Gasteiger charge is -2.45. The smallest absolute Gasteiger partial charge is 0.189 e. The van der Waals surface area contributed by atoms with Crippen molar-refractivity contribution in [2.75, 3.05) is 32.2 Å². The third-order valence-electron chi connectivity index (χ3n) is 9.65. The number of carbonyl (C=O) groups is 3. The summed E-state index contributed by atoms with van der Waals surface area (Å²) >= 11 is 0. The van der Waals surface area contributed by atoms with Crippen molar-refractivity contribution in [3.63, 3.8) is 0 Å². The van der Waals surface area contributed by atoms with Gasteiger partial charge < -0.3 is 25.4 Å². The van der Waals surface area contributed by atoms with Crippen LogP contribution in [0.4, 0.5) is 5.69 Å². The summed E-state index contributed by atoms with van der Waals surface area (Å²) in [5, 5.41) is 36.6. The summed E-state index contributed by atoms with van der Waals surface area (Å²) in [5.74, 6) is -1.69. The first-order valence-electron chi connectivity index (χ1n) is 15.5. The van der Waals surface area contributed by atoms with Gasteiger partial charge in [-0.2, -0.15) is 0 Å². The highest BCUT2D eigenvalue weighted by Gasteiger charge is 2.51. The number of nitrogens with one attached hydrogen (secondary N) is 1. The molecule has 0 aromatic heterocycles. The topological polar surface area (TPSA) is 133 Å². The van der Waals surface area contributed by atoms with Gasteiger partial charge in [-0.1, -0.05) is 31.9 Å². The monoisotopic (exact) mass is 597 g/mol. The van der Waals surface area contributed by atoms with Crippen molar-refractivity contribution in [2.45, 2.75) is 71.3 Å². The van der Waals surface area contributed by atoms with Gasteiger partial charge in [-0.05, 0) is 89.8 Å². The molecular formula is C36H39NO7. The van der Waals surface area contributed by atoms with Crippen LogP contribution in [0.3, 0.4) is 0 Å². The summed E-state index contributed by atoms with van der Waals surface area (Å²) in [7, 11) is 1.53. The predicted octanol–water partition coefficient (Wildman–Crippen LogP) is 4.77. The van der Waals surface area contributed by atoms with E-state index in [-0.39, 0.29) is 22.9 Å². The van der Waals surface area contributed by atoms with Gasteiger partial charge in [0.2, 0.25) is 0 Å². The molecule has 3 atom stereocenters. The molecule has 1 aromatic rings. The molecule has 44 heavy (non-hydrogen) atoms. The van der Waals surface area contributed by atoms with Crippen LogP contribution in [-0.4, -0.2) is 65.6 Å². The number of ketones is 3. The van der Waals surface area contributed by atoms with E-state index in [1.165, 1.54) is 19.3 Å². The highest BCUT2D eigenvalue weighted by atomic mass is 16.5. The van der Waals surface area contributed by atoms with E-state index in [1.807, 2.05) is 19.9 Å². The summed E-state index contributed by atoms with van der Waals surface area (Å²) in [6, 6.07) is 0. The maximum absolute atomic E-state index is 14.0. The lowest BCUT2D eigenvalue weighted by atomic mass is 9.58. The summed E-state index contributed by atoms with van der Waals surface area (Å²) in [4.78, 5) is 41.5. The molecule has 0 saturated heterocycles. The minimum atomic E-state index is -1.18. The molecule has 0 aliphatic heterocycles. The SMILES string of the molecule is CCCCC1=C2C=C(C)C(C(C)=O)c3c(OC)c(NCCC)c4c5c3C2C2=C(C(=O)C=C(CO)C2=C5C(CO)=CC4=O)C1O. The van der Waals surface area contributed by atoms with Gasteiger partial charge in [-0.25, -0.2) is 0 Å². The van der Waals surface area contributed by atoms with E-state index in [2.05, 4.69) is 12.2 Å². The second kappa shape index (κ2) is 11.3. The number of aliphatic hydroxyl groups is 3. The fraction of sp³-hybridized carbons (Fsp3) is 0.417. The Morgan fingerprint density at radius 1 is 0.932 bits per heavy atom. The number of Topliss-reactive ketones (excluding diaryl/α,β-unsaturated/α-hetero) is 1. The Kier molecular flexibility index (Phi) is 7.72. The Morgan fingerprint density at radius 2 is 1.61 bits per heavy atom. The third kappa shape index (κ3) is 4.04. The van der Waals surface area contributed by atoms with E-state index in [0.29, 0.717) is 74.5 Å². The Morgan fingerprint density at radius 3 is 2.23 bits per heavy atom. The number of hydrogen-bond donors (Lipinski definition) is 4. The zero-order valence-corrected chi connectivity index (χ0v) is 25.9. The number of aliphatic hydroxyl groups excluding tert-OH is 3. The predicted molar refractivity (Wildman–Crippen MR) is 168 cm³/mol. The standard InChI is InChI=1S/C36H39NO7/c1-6-8-9-20-21-11-16(3)24(17(4)40)33-32-27(21)30-25(19(15-39)13-23(42)29(30)35(20)43)26-18(14-38)12-22(41)28(31(26)32)34(36(33)44-5)37-10-7-2/h11-13,24,27,35,37-39,43H,6-10,14-15H2,1-5H3. The van der Waals surface area contributed by atoms with Crippen molar-refractivity contribution in [2.24, 2.45) is 0 Å². The summed E-state index contributed by atoms with van der Waals surface area (Å²) in [6.45, 7) is 7.17. The normalized spacial score (nSPS) is 23.3. The number of allylic oxidation sites excluding steroid dienone is 6. The molecule has 0 heterocycles. The quantitative estimate of drug-likeness (QED) is 0.303. The molecule has 5 aliphatic rings. The number of anilines is 1. The zero-order valence-electron chi connectivity index (χ0n) is 25.9. The van der Waals surface area contributed by atoms with Crippen LogP contribution >= 0.6 is 0 Å². The maximum Gasteiger partial charge on any atom is 0.189 e. The van der Waals surface area contributed by atoms with Crippen molar-refractivity contribution < 1.29 is 34.4 Å². The van der Waals surface area contributed by atoms with Gasteiger partial charge in [0.1, 0.15) is 17.6 Å². The maximum atomic E-state index is 14.0. The van der Waals surface area contributed by atoms with Crippen LogP contribution in [0.5, 0.6) is 5.75 Å². The fourth-order valence-electron chi connectivity index (χ4n) is 7.99. The summed E-state index contributed by atoms with van der Waals surface area (Å²) in [5.41, 5.74) is 7.71. The van der Waals surface area contributed by atoms with Gasteiger partial charge in [0.05, 0.1) is 37.5 Å². The number of hydrogen-bond acceptors (Lipinski definition) is 8. The fourth-order valence-corrected chi connectivity index (χ4v) is 7.99. The molecule has 6 rings (SSSR count). The van der Waals surface area contributed by atoms with Crippen LogP contribution in [0.25, 0.3) is 5.57 Å². The number of ether oxygens (including phenoxy) is 1. The molecule has 8 nitrogen and oxygen atoms in total. The number of rotatable bonds is 10. The number of unbranched alkanes of at least 4 members (excludes halogenated alkanes) is 1. The largest absolute Gasteiger partial charge is 0.494 e. The molecule has 0 bridgehead atoms. The van der Waals surface area contributed by atoms with E-state index < -0.39 is 31.2 Å². The number of benzene rings is 1. The molecule has 230 valence electrons. The lowest BCUT2D eigenvalue weighted by Crippen LogP contribution is -2.37. The molecule has 5 aliphatic carbocycles. The highest BCUT2D eigenvalue weighted by molar-refractivity contribution is 6.22. The van der Waals surface area contributed by atoms with Crippen molar-refractivity contribution in [3.8, 4) is 5.75 Å². The minimum Gasteiger partial charge on any atom is -0.494 e. The number of methoxy groups -OCH3 is 1. The first kappa shape index (κ1) is 30.2.